The zero-order valence-electron chi connectivity index (χ0n) is 21.2. The monoisotopic (exact) mass is 485 g/mol. The van der Waals surface area contributed by atoms with Crippen LogP contribution in [0.25, 0.3) is 11.0 Å². The molecule has 0 unspecified atom stereocenters. The quantitative estimate of drug-likeness (QED) is 0.259. The lowest BCUT2D eigenvalue weighted by atomic mass is 10.1. The summed E-state index contributed by atoms with van der Waals surface area (Å²) in [5.74, 6) is 2.46. The molecular formula is C30H35N3O3. The highest BCUT2D eigenvalue weighted by Gasteiger charge is 2.11. The van der Waals surface area contributed by atoms with Crippen molar-refractivity contribution in [2.75, 3.05) is 20.8 Å². The number of para-hydroxylation sites is 2. The molecule has 1 N–H and O–H groups in total. The number of aryl methyl sites for hydroxylation is 3. The Hall–Kier alpha value is -3.80. The highest BCUT2D eigenvalue weighted by Crippen LogP contribution is 2.27. The smallest absolute Gasteiger partial charge is 0.224 e. The van der Waals surface area contributed by atoms with Crippen molar-refractivity contribution >= 4 is 16.9 Å². The number of carbonyl (C=O) groups excluding carboxylic acids is 1. The van der Waals surface area contributed by atoms with E-state index in [0.29, 0.717) is 24.5 Å². The third kappa shape index (κ3) is 6.66. The maximum atomic E-state index is 12.4. The van der Waals surface area contributed by atoms with Gasteiger partial charge in [-0.15, -0.1) is 0 Å². The Balaban J connectivity index is 1.23. The zero-order chi connectivity index (χ0) is 25.2. The van der Waals surface area contributed by atoms with E-state index in [1.165, 1.54) is 11.1 Å². The molecule has 36 heavy (non-hydrogen) atoms. The maximum Gasteiger partial charge on any atom is 0.224 e. The first-order valence-corrected chi connectivity index (χ1v) is 12.6. The minimum Gasteiger partial charge on any atom is -0.493 e. The van der Waals surface area contributed by atoms with Gasteiger partial charge in [-0.1, -0.05) is 55.0 Å². The average Bonchev–Trinajstić information content (AvgIpc) is 3.27. The summed E-state index contributed by atoms with van der Waals surface area (Å²) >= 11 is 0. The molecule has 0 saturated carbocycles. The van der Waals surface area contributed by atoms with Crippen molar-refractivity contribution in [3.8, 4) is 11.5 Å². The molecule has 0 saturated heterocycles. The molecule has 3 aromatic carbocycles. The Morgan fingerprint density at radius 1 is 0.833 bits per heavy atom. The van der Waals surface area contributed by atoms with Crippen LogP contribution in [0.1, 0.15) is 36.2 Å². The number of carbonyl (C=O) groups is 1. The number of nitrogens with one attached hydrogen (secondary N) is 1. The van der Waals surface area contributed by atoms with E-state index in [1.54, 1.807) is 14.2 Å². The molecule has 0 aliphatic carbocycles. The summed E-state index contributed by atoms with van der Waals surface area (Å²) < 4.78 is 12.9. The molecule has 0 radical (unpaired) electrons. The number of hydrogen-bond donors (Lipinski definition) is 1. The molecule has 1 amide bonds. The van der Waals surface area contributed by atoms with Crippen LogP contribution in [0.3, 0.4) is 0 Å². The standard InChI is InChI=1S/C30H35N3O3/c1-35-27-17-16-24(21-28(27)36-2)22-30(34)31-19-10-4-7-15-29-32-25-13-8-9-14-26(25)33(29)20-18-23-11-5-3-6-12-23/h3,5-6,8-9,11-14,16-17,21H,4,7,10,15,18-20,22H2,1-2H3,(H,31,34). The van der Waals surface area contributed by atoms with Crippen molar-refractivity contribution in [2.45, 2.75) is 45.1 Å². The summed E-state index contributed by atoms with van der Waals surface area (Å²) in [6.45, 7) is 1.60. The minimum atomic E-state index is 0.0184. The second-order valence-corrected chi connectivity index (χ2v) is 8.93. The summed E-state index contributed by atoms with van der Waals surface area (Å²) in [5.41, 5.74) is 4.50. The highest BCUT2D eigenvalue weighted by molar-refractivity contribution is 5.78. The summed E-state index contributed by atoms with van der Waals surface area (Å²) in [4.78, 5) is 17.3. The fourth-order valence-corrected chi connectivity index (χ4v) is 4.50. The number of unbranched alkanes of at least 4 members (excludes halogenated alkanes) is 2. The van der Waals surface area contributed by atoms with Gasteiger partial charge in [0.1, 0.15) is 5.82 Å². The molecule has 0 bridgehead atoms. The molecule has 0 atom stereocenters. The Morgan fingerprint density at radius 2 is 1.61 bits per heavy atom. The first-order chi connectivity index (χ1) is 17.7. The van der Waals surface area contributed by atoms with Gasteiger partial charge in [-0.2, -0.15) is 0 Å². The normalized spacial score (nSPS) is 10.9. The first kappa shape index (κ1) is 25.3. The van der Waals surface area contributed by atoms with Gasteiger partial charge in [-0.3, -0.25) is 4.79 Å². The third-order valence-electron chi connectivity index (χ3n) is 6.41. The van der Waals surface area contributed by atoms with Crippen LogP contribution in [-0.4, -0.2) is 36.2 Å². The predicted molar refractivity (Wildman–Crippen MR) is 144 cm³/mol. The topological polar surface area (TPSA) is 65.4 Å². The second kappa shape index (κ2) is 12.8. The van der Waals surface area contributed by atoms with Gasteiger partial charge in [0.05, 0.1) is 31.7 Å². The van der Waals surface area contributed by atoms with Gasteiger partial charge in [-0.25, -0.2) is 4.98 Å². The Labute approximate surface area is 213 Å². The number of rotatable bonds is 13. The number of ether oxygens (including phenoxy) is 2. The number of methoxy groups -OCH3 is 2. The zero-order valence-corrected chi connectivity index (χ0v) is 21.2. The second-order valence-electron chi connectivity index (χ2n) is 8.93. The Bertz CT molecular complexity index is 1270. The molecular weight excluding hydrogens is 450 g/mol. The van der Waals surface area contributed by atoms with Crippen LogP contribution in [0.4, 0.5) is 0 Å². The minimum absolute atomic E-state index is 0.0184. The fraction of sp³-hybridized carbons (Fsp3) is 0.333. The van der Waals surface area contributed by atoms with E-state index >= 15 is 0 Å². The van der Waals surface area contributed by atoms with Crippen LogP contribution < -0.4 is 14.8 Å². The molecule has 4 aromatic rings. The third-order valence-corrected chi connectivity index (χ3v) is 6.41. The van der Waals surface area contributed by atoms with Crippen molar-refractivity contribution < 1.29 is 14.3 Å². The number of fused-ring (bicyclic) bond motifs is 1. The highest BCUT2D eigenvalue weighted by atomic mass is 16.5. The number of amides is 1. The lowest BCUT2D eigenvalue weighted by molar-refractivity contribution is -0.120. The molecule has 4 rings (SSSR count). The first-order valence-electron chi connectivity index (χ1n) is 12.6. The van der Waals surface area contributed by atoms with Gasteiger partial charge in [-0.05, 0) is 54.7 Å². The van der Waals surface area contributed by atoms with Crippen molar-refractivity contribution in [1.29, 1.82) is 0 Å². The van der Waals surface area contributed by atoms with Crippen LogP contribution in [0, 0.1) is 0 Å². The SMILES string of the molecule is COc1ccc(CC(=O)NCCCCCc2nc3ccccc3n2CCc2ccccc2)cc1OC. The summed E-state index contributed by atoms with van der Waals surface area (Å²) in [5, 5.41) is 3.04. The number of nitrogens with zero attached hydrogens (tertiary/aromatic N) is 2. The van der Waals surface area contributed by atoms with E-state index in [4.69, 9.17) is 14.5 Å². The maximum absolute atomic E-state index is 12.4. The Morgan fingerprint density at radius 3 is 2.42 bits per heavy atom. The lowest BCUT2D eigenvalue weighted by Crippen LogP contribution is -2.26. The molecule has 0 aliphatic heterocycles. The van der Waals surface area contributed by atoms with Crippen molar-refractivity contribution in [1.82, 2.24) is 14.9 Å². The van der Waals surface area contributed by atoms with Crippen molar-refractivity contribution in [3.63, 3.8) is 0 Å². The van der Waals surface area contributed by atoms with Crippen LogP contribution in [0.15, 0.2) is 72.8 Å². The molecule has 0 aliphatic rings. The molecule has 0 spiro atoms. The summed E-state index contributed by atoms with van der Waals surface area (Å²) in [7, 11) is 3.20. The van der Waals surface area contributed by atoms with E-state index in [0.717, 1.165) is 55.6 Å². The van der Waals surface area contributed by atoms with Gasteiger partial charge in [0.15, 0.2) is 11.5 Å². The molecule has 6 heteroatoms. The van der Waals surface area contributed by atoms with Gasteiger partial charge >= 0.3 is 0 Å². The Kier molecular flexibility index (Phi) is 8.98. The number of imidazole rings is 1. The van der Waals surface area contributed by atoms with Crippen LogP contribution in [0.2, 0.25) is 0 Å². The molecule has 1 heterocycles. The fourth-order valence-electron chi connectivity index (χ4n) is 4.50. The summed E-state index contributed by atoms with van der Waals surface area (Å²) in [6.07, 6.45) is 5.27. The van der Waals surface area contributed by atoms with Crippen molar-refractivity contribution in [2.24, 2.45) is 0 Å². The van der Waals surface area contributed by atoms with Gasteiger partial charge < -0.3 is 19.4 Å². The van der Waals surface area contributed by atoms with E-state index in [1.807, 2.05) is 24.3 Å². The van der Waals surface area contributed by atoms with Crippen LogP contribution in [0.5, 0.6) is 11.5 Å². The summed E-state index contributed by atoms with van der Waals surface area (Å²) in [6, 6.07) is 24.5. The molecule has 188 valence electrons. The molecule has 1 aromatic heterocycles. The van der Waals surface area contributed by atoms with Gasteiger partial charge in [0.2, 0.25) is 5.91 Å². The van der Waals surface area contributed by atoms with E-state index < -0.39 is 0 Å². The lowest BCUT2D eigenvalue weighted by Gasteiger charge is -2.10. The van der Waals surface area contributed by atoms with E-state index in [2.05, 4.69) is 58.4 Å². The largest absolute Gasteiger partial charge is 0.493 e. The van der Waals surface area contributed by atoms with Gasteiger partial charge in [0, 0.05) is 19.5 Å². The van der Waals surface area contributed by atoms with Gasteiger partial charge in [0.25, 0.3) is 0 Å². The predicted octanol–water partition coefficient (Wildman–Crippen LogP) is 5.37. The van der Waals surface area contributed by atoms with E-state index in [-0.39, 0.29) is 5.91 Å². The number of hydrogen-bond acceptors (Lipinski definition) is 4. The molecule has 0 fully saturated rings. The molecule has 6 nitrogen and oxygen atoms in total. The van der Waals surface area contributed by atoms with Crippen molar-refractivity contribution in [3.05, 3.63) is 89.7 Å². The number of benzene rings is 3. The van der Waals surface area contributed by atoms with Crippen LogP contribution in [-0.2, 0) is 30.6 Å². The van der Waals surface area contributed by atoms with Crippen LogP contribution >= 0.6 is 0 Å². The average molecular weight is 486 g/mol. The number of aromatic nitrogens is 2. The van der Waals surface area contributed by atoms with E-state index in [9.17, 15) is 4.79 Å².